The lowest BCUT2D eigenvalue weighted by Gasteiger charge is -2.31. The molecule has 1 amide bonds. The fourth-order valence-electron chi connectivity index (χ4n) is 2.89. The highest BCUT2D eigenvalue weighted by atomic mass is 16.6. The number of nitro groups is 1. The highest BCUT2D eigenvalue weighted by Gasteiger charge is 2.39. The first-order valence-electron chi connectivity index (χ1n) is 6.18. The van der Waals surface area contributed by atoms with Crippen molar-refractivity contribution in [2.75, 3.05) is 0 Å². The van der Waals surface area contributed by atoms with Crippen LogP contribution in [0.25, 0.3) is 5.70 Å². The standard InChI is InChI=1S/C13H10N4O3/c18-13-12-14-3-4-16(12)10-6-7-5-8(17(19)20)1-2-9(7)11(10)15-13/h1-5,12,14H,6H2,(H,15,18). The van der Waals surface area contributed by atoms with E-state index in [1.165, 1.54) is 6.07 Å². The summed E-state index contributed by atoms with van der Waals surface area (Å²) in [5, 5.41) is 16.7. The molecule has 0 bridgehead atoms. The predicted octanol–water partition coefficient (Wildman–Crippen LogP) is 0.652. The topological polar surface area (TPSA) is 87.5 Å². The Bertz CT molecular complexity index is 722. The van der Waals surface area contributed by atoms with Gasteiger partial charge in [0.15, 0.2) is 6.17 Å². The number of fused-ring (bicyclic) bond motifs is 4. The van der Waals surface area contributed by atoms with Gasteiger partial charge < -0.3 is 15.5 Å². The van der Waals surface area contributed by atoms with Crippen LogP contribution in [0.3, 0.4) is 0 Å². The summed E-state index contributed by atoms with van der Waals surface area (Å²) in [5.74, 6) is -0.125. The van der Waals surface area contributed by atoms with Crippen LogP contribution >= 0.6 is 0 Å². The van der Waals surface area contributed by atoms with E-state index < -0.39 is 11.1 Å². The zero-order valence-corrected chi connectivity index (χ0v) is 10.3. The summed E-state index contributed by atoms with van der Waals surface area (Å²) in [7, 11) is 0. The Morgan fingerprint density at radius 2 is 2.25 bits per heavy atom. The first-order valence-corrected chi connectivity index (χ1v) is 6.18. The van der Waals surface area contributed by atoms with E-state index >= 15 is 0 Å². The second-order valence-corrected chi connectivity index (χ2v) is 4.88. The van der Waals surface area contributed by atoms with Gasteiger partial charge in [-0.15, -0.1) is 0 Å². The molecule has 1 unspecified atom stereocenters. The first kappa shape index (κ1) is 11.0. The molecule has 0 aromatic heterocycles. The van der Waals surface area contributed by atoms with E-state index in [9.17, 15) is 14.9 Å². The van der Waals surface area contributed by atoms with Crippen LogP contribution in [0.2, 0.25) is 0 Å². The average Bonchev–Trinajstić information content (AvgIpc) is 3.02. The molecule has 2 N–H and O–H groups in total. The number of hydrogen-bond acceptors (Lipinski definition) is 5. The summed E-state index contributed by atoms with van der Waals surface area (Å²) in [5.41, 5.74) is 3.51. The summed E-state index contributed by atoms with van der Waals surface area (Å²) in [4.78, 5) is 24.3. The molecule has 3 aliphatic rings. The number of hydrogen-bond donors (Lipinski definition) is 2. The van der Waals surface area contributed by atoms with E-state index in [-0.39, 0.29) is 11.6 Å². The molecule has 0 fully saturated rings. The molecule has 0 saturated carbocycles. The third-order valence-corrected chi connectivity index (χ3v) is 3.79. The van der Waals surface area contributed by atoms with Crippen LogP contribution in [0.15, 0.2) is 36.3 Å². The third kappa shape index (κ3) is 1.31. The van der Waals surface area contributed by atoms with Crippen molar-refractivity contribution in [2.24, 2.45) is 0 Å². The number of nitrogens with zero attached hydrogens (tertiary/aromatic N) is 2. The number of amides is 1. The van der Waals surface area contributed by atoms with Crippen LogP contribution in [-0.4, -0.2) is 21.9 Å². The fourth-order valence-corrected chi connectivity index (χ4v) is 2.89. The SMILES string of the molecule is O=C1NC2=C(Cc3cc([N+](=O)[O-])ccc32)N2C=CNC12. The van der Waals surface area contributed by atoms with Crippen LogP contribution < -0.4 is 10.6 Å². The number of allylic oxidation sites excluding steroid dienone is 1. The predicted molar refractivity (Wildman–Crippen MR) is 69.8 cm³/mol. The van der Waals surface area contributed by atoms with Crippen LogP contribution in [0.4, 0.5) is 5.69 Å². The normalized spacial score (nSPS) is 22.1. The number of non-ortho nitro benzene ring substituents is 1. The number of carbonyl (C=O) groups is 1. The molecule has 7 nitrogen and oxygen atoms in total. The molecule has 2 heterocycles. The lowest BCUT2D eigenvalue weighted by molar-refractivity contribution is -0.384. The molecule has 1 aliphatic carbocycles. The van der Waals surface area contributed by atoms with Crippen molar-refractivity contribution in [1.29, 1.82) is 0 Å². The molecule has 1 aromatic rings. The zero-order valence-electron chi connectivity index (χ0n) is 10.3. The number of benzene rings is 1. The molecule has 0 spiro atoms. The lowest BCUT2D eigenvalue weighted by atomic mass is 10.1. The lowest BCUT2D eigenvalue weighted by Crippen LogP contribution is -2.51. The van der Waals surface area contributed by atoms with Gasteiger partial charge in [-0.3, -0.25) is 14.9 Å². The third-order valence-electron chi connectivity index (χ3n) is 3.79. The van der Waals surface area contributed by atoms with Gasteiger partial charge in [0.2, 0.25) is 0 Å². The number of rotatable bonds is 1. The van der Waals surface area contributed by atoms with Gasteiger partial charge in [0, 0.05) is 42.2 Å². The second kappa shape index (κ2) is 3.60. The Labute approximate surface area is 113 Å². The van der Waals surface area contributed by atoms with Gasteiger partial charge in [-0.1, -0.05) is 0 Å². The summed E-state index contributed by atoms with van der Waals surface area (Å²) in [6, 6.07) is 4.73. The molecular formula is C13H10N4O3. The van der Waals surface area contributed by atoms with Crippen molar-refractivity contribution >= 4 is 17.3 Å². The minimum Gasteiger partial charge on any atom is -0.362 e. The molecule has 1 aromatic carbocycles. The maximum Gasteiger partial charge on any atom is 0.269 e. The monoisotopic (exact) mass is 270 g/mol. The van der Waals surface area contributed by atoms with E-state index in [1.54, 1.807) is 18.3 Å². The van der Waals surface area contributed by atoms with Crippen molar-refractivity contribution in [1.82, 2.24) is 15.5 Å². The largest absolute Gasteiger partial charge is 0.362 e. The molecule has 100 valence electrons. The maximum atomic E-state index is 12.0. The number of nitrogens with one attached hydrogen (secondary N) is 2. The Balaban J connectivity index is 1.81. The Morgan fingerprint density at radius 3 is 3.05 bits per heavy atom. The molecule has 2 aliphatic heterocycles. The molecule has 20 heavy (non-hydrogen) atoms. The molecule has 4 rings (SSSR count). The van der Waals surface area contributed by atoms with Gasteiger partial charge >= 0.3 is 0 Å². The summed E-state index contributed by atoms with van der Waals surface area (Å²) < 4.78 is 0. The van der Waals surface area contributed by atoms with Gasteiger partial charge in [0.25, 0.3) is 11.6 Å². The van der Waals surface area contributed by atoms with E-state index in [0.717, 1.165) is 22.5 Å². The van der Waals surface area contributed by atoms with Gasteiger partial charge in [-0.2, -0.15) is 0 Å². The highest BCUT2D eigenvalue weighted by Crippen LogP contribution is 2.38. The number of nitro benzene ring substituents is 1. The summed E-state index contributed by atoms with van der Waals surface area (Å²) in [6.45, 7) is 0. The van der Waals surface area contributed by atoms with Crippen LogP contribution in [-0.2, 0) is 11.2 Å². The fraction of sp³-hybridized carbons (Fsp3) is 0.154. The highest BCUT2D eigenvalue weighted by molar-refractivity contribution is 5.96. The number of carbonyl (C=O) groups excluding carboxylic acids is 1. The average molecular weight is 270 g/mol. The van der Waals surface area contributed by atoms with E-state index in [1.807, 2.05) is 11.1 Å². The Hall–Kier alpha value is -2.83. The Kier molecular flexibility index (Phi) is 1.98. The van der Waals surface area contributed by atoms with Crippen molar-refractivity contribution in [3.05, 3.63) is 57.5 Å². The van der Waals surface area contributed by atoms with Crippen molar-refractivity contribution < 1.29 is 9.72 Å². The van der Waals surface area contributed by atoms with Crippen molar-refractivity contribution in [3.63, 3.8) is 0 Å². The van der Waals surface area contributed by atoms with Gasteiger partial charge in [-0.25, -0.2) is 0 Å². The molecule has 7 heteroatoms. The minimum absolute atomic E-state index is 0.0709. The quantitative estimate of drug-likeness (QED) is 0.578. The molecule has 0 saturated heterocycles. The molecule has 1 atom stereocenters. The van der Waals surface area contributed by atoms with Gasteiger partial charge in [0.1, 0.15) is 0 Å². The second-order valence-electron chi connectivity index (χ2n) is 4.88. The van der Waals surface area contributed by atoms with Crippen LogP contribution in [0, 0.1) is 10.1 Å². The van der Waals surface area contributed by atoms with Crippen molar-refractivity contribution in [2.45, 2.75) is 12.6 Å². The van der Waals surface area contributed by atoms with E-state index in [0.29, 0.717) is 6.42 Å². The summed E-state index contributed by atoms with van der Waals surface area (Å²) in [6.07, 6.45) is 3.71. The Morgan fingerprint density at radius 1 is 1.40 bits per heavy atom. The smallest absolute Gasteiger partial charge is 0.269 e. The summed E-state index contributed by atoms with van der Waals surface area (Å²) >= 11 is 0. The van der Waals surface area contributed by atoms with Crippen LogP contribution in [0.1, 0.15) is 11.1 Å². The first-order chi connectivity index (χ1) is 9.65. The van der Waals surface area contributed by atoms with E-state index in [2.05, 4.69) is 10.6 Å². The van der Waals surface area contributed by atoms with Crippen molar-refractivity contribution in [3.8, 4) is 0 Å². The van der Waals surface area contributed by atoms with Gasteiger partial charge in [0.05, 0.1) is 10.6 Å². The minimum atomic E-state index is -0.418. The zero-order chi connectivity index (χ0) is 13.9. The molecular weight excluding hydrogens is 260 g/mol. The van der Waals surface area contributed by atoms with Crippen LogP contribution in [0.5, 0.6) is 0 Å². The maximum absolute atomic E-state index is 12.0. The van der Waals surface area contributed by atoms with Gasteiger partial charge in [-0.05, 0) is 11.6 Å². The van der Waals surface area contributed by atoms with E-state index in [4.69, 9.17) is 0 Å². The molecule has 0 radical (unpaired) electrons.